The minimum absolute atomic E-state index is 0.0598. The zero-order valence-corrected chi connectivity index (χ0v) is 22.2. The van der Waals surface area contributed by atoms with E-state index in [1.165, 1.54) is 31.7 Å². The number of rotatable bonds is 11. The van der Waals surface area contributed by atoms with Gasteiger partial charge in [-0.25, -0.2) is 8.78 Å². The predicted molar refractivity (Wildman–Crippen MR) is 146 cm³/mol. The molecule has 1 fully saturated rings. The SMILES string of the molecule is CCCCCCOc1ccc(-c2ccc(-c3ccc(C4CCC(CCC)CC4)cc3F)cc2)c(F)c1F. The van der Waals surface area contributed by atoms with Gasteiger partial charge in [0.1, 0.15) is 5.82 Å². The smallest absolute Gasteiger partial charge is 0.201 e. The second-order valence-electron chi connectivity index (χ2n) is 10.5. The van der Waals surface area contributed by atoms with Crippen molar-refractivity contribution in [1.29, 1.82) is 0 Å². The molecule has 0 saturated heterocycles. The quantitative estimate of drug-likeness (QED) is 0.234. The first-order valence-corrected chi connectivity index (χ1v) is 14.0. The van der Waals surface area contributed by atoms with Gasteiger partial charge < -0.3 is 4.74 Å². The van der Waals surface area contributed by atoms with E-state index in [2.05, 4.69) is 13.8 Å². The van der Waals surface area contributed by atoms with Crippen LogP contribution in [0.15, 0.2) is 54.6 Å². The molecular formula is C33H39F3O. The predicted octanol–water partition coefficient (Wildman–Crippen LogP) is 10.5. The van der Waals surface area contributed by atoms with Crippen LogP contribution in [0.3, 0.4) is 0 Å². The molecular weight excluding hydrogens is 469 g/mol. The Hall–Kier alpha value is -2.75. The van der Waals surface area contributed by atoms with Crippen molar-refractivity contribution in [2.75, 3.05) is 6.61 Å². The molecule has 0 bridgehead atoms. The molecule has 4 rings (SSSR count). The summed E-state index contributed by atoms with van der Waals surface area (Å²) in [6, 6.07) is 15.6. The highest BCUT2D eigenvalue weighted by Gasteiger charge is 2.23. The molecule has 198 valence electrons. The number of benzene rings is 3. The Morgan fingerprint density at radius 2 is 1.38 bits per heavy atom. The van der Waals surface area contributed by atoms with E-state index in [1.807, 2.05) is 12.1 Å². The maximum absolute atomic E-state index is 15.1. The Morgan fingerprint density at radius 1 is 0.703 bits per heavy atom. The Kier molecular flexibility index (Phi) is 9.71. The van der Waals surface area contributed by atoms with E-state index in [-0.39, 0.29) is 17.1 Å². The summed E-state index contributed by atoms with van der Waals surface area (Å²) in [5.74, 6) is -0.943. The lowest BCUT2D eigenvalue weighted by molar-refractivity contribution is 0.285. The highest BCUT2D eigenvalue weighted by molar-refractivity contribution is 5.71. The maximum atomic E-state index is 15.1. The average Bonchev–Trinajstić information content (AvgIpc) is 2.92. The van der Waals surface area contributed by atoms with Crippen molar-refractivity contribution in [2.24, 2.45) is 5.92 Å². The van der Waals surface area contributed by atoms with Crippen LogP contribution in [-0.2, 0) is 0 Å². The topological polar surface area (TPSA) is 9.23 Å². The fraction of sp³-hybridized carbons (Fsp3) is 0.455. The average molecular weight is 509 g/mol. The van der Waals surface area contributed by atoms with Gasteiger partial charge in [-0.2, -0.15) is 4.39 Å². The van der Waals surface area contributed by atoms with Gasteiger partial charge in [-0.05, 0) is 78.8 Å². The summed E-state index contributed by atoms with van der Waals surface area (Å²) in [7, 11) is 0. The molecule has 37 heavy (non-hydrogen) atoms. The molecule has 3 aromatic carbocycles. The summed E-state index contributed by atoms with van der Waals surface area (Å²) in [5.41, 5.74) is 3.02. The molecule has 1 aliphatic rings. The fourth-order valence-electron chi connectivity index (χ4n) is 5.62. The lowest BCUT2D eigenvalue weighted by Crippen LogP contribution is -2.13. The van der Waals surface area contributed by atoms with E-state index in [0.717, 1.165) is 50.0 Å². The molecule has 0 heterocycles. The fourth-order valence-corrected chi connectivity index (χ4v) is 5.62. The van der Waals surface area contributed by atoms with Gasteiger partial charge in [-0.1, -0.05) is 82.3 Å². The molecule has 0 amide bonds. The molecule has 0 aromatic heterocycles. The van der Waals surface area contributed by atoms with Crippen LogP contribution in [0, 0.1) is 23.4 Å². The van der Waals surface area contributed by atoms with Crippen molar-refractivity contribution in [3.8, 4) is 28.0 Å². The number of hydrogen-bond acceptors (Lipinski definition) is 1. The lowest BCUT2D eigenvalue weighted by atomic mass is 9.77. The van der Waals surface area contributed by atoms with Gasteiger partial charge in [-0.15, -0.1) is 0 Å². The molecule has 4 heteroatoms. The van der Waals surface area contributed by atoms with E-state index >= 15 is 4.39 Å². The first kappa shape index (κ1) is 27.3. The van der Waals surface area contributed by atoms with Gasteiger partial charge in [0, 0.05) is 11.1 Å². The Labute approximate surface area is 220 Å². The summed E-state index contributed by atoms with van der Waals surface area (Å²) in [6.45, 7) is 4.73. The summed E-state index contributed by atoms with van der Waals surface area (Å²) >= 11 is 0. The molecule has 0 atom stereocenters. The van der Waals surface area contributed by atoms with Gasteiger partial charge in [0.05, 0.1) is 6.61 Å². The van der Waals surface area contributed by atoms with Crippen LogP contribution in [0.2, 0.25) is 0 Å². The molecule has 1 nitrogen and oxygen atoms in total. The Balaban J connectivity index is 1.43. The first-order valence-electron chi connectivity index (χ1n) is 14.0. The van der Waals surface area contributed by atoms with Gasteiger partial charge in [-0.3, -0.25) is 0 Å². The molecule has 0 spiro atoms. The molecule has 0 radical (unpaired) electrons. The standard InChI is InChI=1S/C33H39F3O/c1-3-5-6-7-21-37-31-20-19-29(32(35)33(31)36)26-15-13-25(14-16-26)28-18-17-27(22-30(28)34)24-11-9-23(8-4-2)10-12-24/h13-20,22-24H,3-12,21H2,1-2H3. The summed E-state index contributed by atoms with van der Waals surface area (Å²) in [5, 5.41) is 0. The van der Waals surface area contributed by atoms with Crippen molar-refractivity contribution >= 4 is 0 Å². The van der Waals surface area contributed by atoms with Crippen molar-refractivity contribution < 1.29 is 17.9 Å². The zero-order valence-electron chi connectivity index (χ0n) is 22.2. The number of hydrogen-bond donors (Lipinski definition) is 0. The summed E-state index contributed by atoms with van der Waals surface area (Å²) in [4.78, 5) is 0. The summed E-state index contributed by atoms with van der Waals surface area (Å²) < 4.78 is 50.0. The number of halogens is 3. The van der Waals surface area contributed by atoms with Crippen LogP contribution in [0.1, 0.15) is 89.5 Å². The Bertz CT molecular complexity index is 1150. The third-order valence-electron chi connectivity index (χ3n) is 7.82. The van der Waals surface area contributed by atoms with E-state index in [4.69, 9.17) is 4.74 Å². The minimum atomic E-state index is -0.970. The molecule has 1 saturated carbocycles. The van der Waals surface area contributed by atoms with Crippen LogP contribution in [-0.4, -0.2) is 6.61 Å². The third kappa shape index (κ3) is 6.77. The normalized spacial score (nSPS) is 17.6. The molecule has 0 N–H and O–H groups in total. The van der Waals surface area contributed by atoms with Gasteiger partial charge in [0.25, 0.3) is 0 Å². The van der Waals surface area contributed by atoms with Crippen LogP contribution in [0.5, 0.6) is 5.75 Å². The van der Waals surface area contributed by atoms with Crippen LogP contribution in [0.25, 0.3) is 22.3 Å². The van der Waals surface area contributed by atoms with Crippen molar-refractivity contribution in [3.05, 3.63) is 77.6 Å². The lowest BCUT2D eigenvalue weighted by Gasteiger charge is -2.28. The zero-order chi connectivity index (χ0) is 26.2. The van der Waals surface area contributed by atoms with E-state index in [0.29, 0.717) is 29.2 Å². The van der Waals surface area contributed by atoms with Crippen molar-refractivity contribution in [3.63, 3.8) is 0 Å². The van der Waals surface area contributed by atoms with Crippen LogP contribution < -0.4 is 4.74 Å². The van der Waals surface area contributed by atoms with Crippen LogP contribution >= 0.6 is 0 Å². The minimum Gasteiger partial charge on any atom is -0.490 e. The number of unbranched alkanes of at least 4 members (excludes halogenated alkanes) is 3. The Morgan fingerprint density at radius 3 is 2.03 bits per heavy atom. The van der Waals surface area contributed by atoms with Gasteiger partial charge >= 0.3 is 0 Å². The summed E-state index contributed by atoms with van der Waals surface area (Å²) in [6.07, 6.45) is 11.3. The highest BCUT2D eigenvalue weighted by Crippen LogP contribution is 2.39. The van der Waals surface area contributed by atoms with Gasteiger partial charge in [0.2, 0.25) is 5.82 Å². The molecule has 3 aromatic rings. The first-order chi connectivity index (χ1) is 18.0. The van der Waals surface area contributed by atoms with Crippen molar-refractivity contribution in [2.45, 2.75) is 84.0 Å². The number of ether oxygens (including phenoxy) is 1. The molecule has 0 aliphatic heterocycles. The van der Waals surface area contributed by atoms with E-state index in [9.17, 15) is 8.78 Å². The second-order valence-corrected chi connectivity index (χ2v) is 10.5. The van der Waals surface area contributed by atoms with Gasteiger partial charge in [0.15, 0.2) is 11.6 Å². The largest absolute Gasteiger partial charge is 0.490 e. The second kappa shape index (κ2) is 13.2. The maximum Gasteiger partial charge on any atom is 0.201 e. The highest BCUT2D eigenvalue weighted by atomic mass is 19.2. The van der Waals surface area contributed by atoms with E-state index < -0.39 is 11.6 Å². The monoisotopic (exact) mass is 508 g/mol. The molecule has 1 aliphatic carbocycles. The molecule has 0 unspecified atom stereocenters. The third-order valence-corrected chi connectivity index (χ3v) is 7.82. The van der Waals surface area contributed by atoms with Crippen molar-refractivity contribution in [1.82, 2.24) is 0 Å². The van der Waals surface area contributed by atoms with Crippen LogP contribution in [0.4, 0.5) is 13.2 Å². The van der Waals surface area contributed by atoms with E-state index in [1.54, 1.807) is 36.4 Å².